The fraction of sp³-hybridized carbons (Fsp3) is 0.647. The summed E-state index contributed by atoms with van der Waals surface area (Å²) in [6.07, 6.45) is 1.54. The van der Waals surface area contributed by atoms with Crippen LogP contribution in [-0.2, 0) is 20.8 Å². The molecule has 1 fully saturated rings. The molecular formula is C17H26N4O3S. The molecule has 1 aromatic rings. The van der Waals surface area contributed by atoms with Crippen LogP contribution in [0, 0.1) is 0 Å². The third-order valence-corrected chi connectivity index (χ3v) is 4.67. The Hall–Kier alpha value is -1.96. The summed E-state index contributed by atoms with van der Waals surface area (Å²) < 4.78 is 0. The van der Waals surface area contributed by atoms with E-state index in [2.05, 4.69) is 10.3 Å². The molecule has 7 nitrogen and oxygen atoms in total. The zero-order valence-electron chi connectivity index (χ0n) is 15.3. The lowest BCUT2D eigenvalue weighted by Crippen LogP contribution is -2.47. The number of hydrogen-bond acceptors (Lipinski definition) is 5. The molecule has 0 saturated carbocycles. The van der Waals surface area contributed by atoms with Crippen molar-refractivity contribution in [2.75, 3.05) is 24.5 Å². The van der Waals surface area contributed by atoms with Gasteiger partial charge in [0.15, 0.2) is 5.13 Å². The number of thiazole rings is 1. The summed E-state index contributed by atoms with van der Waals surface area (Å²) in [5.41, 5.74) is 0.311. The number of aromatic nitrogens is 1. The molecule has 1 aromatic heterocycles. The van der Waals surface area contributed by atoms with Crippen molar-refractivity contribution in [1.29, 1.82) is 0 Å². The number of carbonyl (C=O) groups excluding carboxylic acids is 3. The zero-order chi connectivity index (χ0) is 18.6. The van der Waals surface area contributed by atoms with E-state index in [1.807, 2.05) is 33.1 Å². The van der Waals surface area contributed by atoms with E-state index in [0.717, 1.165) is 6.42 Å². The van der Waals surface area contributed by atoms with Crippen LogP contribution in [0.5, 0.6) is 0 Å². The van der Waals surface area contributed by atoms with Gasteiger partial charge < -0.3 is 10.2 Å². The molecule has 2 heterocycles. The molecule has 2 rings (SSSR count). The molecule has 0 bridgehead atoms. The Bertz CT molecular complexity index is 651. The quantitative estimate of drug-likeness (QED) is 0.828. The Kier molecular flexibility index (Phi) is 6.16. The van der Waals surface area contributed by atoms with Crippen molar-refractivity contribution in [3.8, 4) is 0 Å². The van der Waals surface area contributed by atoms with Crippen molar-refractivity contribution in [2.45, 2.75) is 52.5 Å². The van der Waals surface area contributed by atoms with Gasteiger partial charge in [-0.15, -0.1) is 11.3 Å². The number of likely N-dealkylation sites (N-methyl/N-ethyl adjacent to an activating group) is 1. The summed E-state index contributed by atoms with van der Waals surface area (Å²) in [7, 11) is 0. The lowest BCUT2D eigenvalue weighted by molar-refractivity contribution is -0.135. The van der Waals surface area contributed by atoms with Gasteiger partial charge in [-0.25, -0.2) is 4.98 Å². The first-order valence-corrected chi connectivity index (χ1v) is 9.41. The number of hydrogen-bond donors (Lipinski definition) is 1. The van der Waals surface area contributed by atoms with Crippen molar-refractivity contribution in [1.82, 2.24) is 15.2 Å². The van der Waals surface area contributed by atoms with Crippen molar-refractivity contribution in [2.24, 2.45) is 0 Å². The Morgan fingerprint density at radius 3 is 2.68 bits per heavy atom. The van der Waals surface area contributed by atoms with E-state index in [9.17, 15) is 14.4 Å². The highest BCUT2D eigenvalue weighted by Crippen LogP contribution is 2.25. The number of nitrogens with one attached hydrogen (secondary N) is 1. The van der Waals surface area contributed by atoms with Gasteiger partial charge in [-0.3, -0.25) is 19.3 Å². The smallest absolute Gasteiger partial charge is 0.240 e. The summed E-state index contributed by atoms with van der Waals surface area (Å²) in [6, 6.07) is 0. The number of rotatable bonds is 6. The number of amides is 3. The van der Waals surface area contributed by atoms with Crippen LogP contribution in [0.4, 0.5) is 5.13 Å². The monoisotopic (exact) mass is 366 g/mol. The summed E-state index contributed by atoms with van der Waals surface area (Å²) in [4.78, 5) is 43.9. The molecule has 0 radical (unpaired) electrons. The Labute approximate surface area is 152 Å². The third kappa shape index (κ3) is 5.52. The van der Waals surface area contributed by atoms with Crippen LogP contribution < -0.4 is 10.2 Å². The highest BCUT2D eigenvalue weighted by atomic mass is 32.1. The van der Waals surface area contributed by atoms with E-state index >= 15 is 0 Å². The molecule has 25 heavy (non-hydrogen) atoms. The maximum Gasteiger partial charge on any atom is 0.240 e. The lowest BCUT2D eigenvalue weighted by atomic mass is 10.1. The summed E-state index contributed by atoms with van der Waals surface area (Å²) in [5.74, 6) is -0.234. The van der Waals surface area contributed by atoms with Gasteiger partial charge >= 0.3 is 0 Å². The number of anilines is 1. The molecule has 0 unspecified atom stereocenters. The predicted octanol–water partition coefficient (Wildman–Crippen LogP) is 1.58. The van der Waals surface area contributed by atoms with Crippen molar-refractivity contribution < 1.29 is 14.4 Å². The summed E-state index contributed by atoms with van der Waals surface area (Å²) >= 11 is 1.38. The maximum absolute atomic E-state index is 12.5. The minimum Gasteiger partial charge on any atom is -0.350 e. The molecule has 1 N–H and O–H groups in total. The van der Waals surface area contributed by atoms with Gasteiger partial charge in [-0.05, 0) is 34.1 Å². The summed E-state index contributed by atoms with van der Waals surface area (Å²) in [5, 5.41) is 5.32. The van der Waals surface area contributed by atoms with Gasteiger partial charge in [0.25, 0.3) is 0 Å². The molecule has 3 amide bonds. The standard InChI is InChI=1S/C17H26N4O3S/c1-5-20(10-13(22)19-17(2,3)4)15(24)9-12-11-25-16(18-12)21-8-6-7-14(21)23/h11H,5-10H2,1-4H3,(H,19,22). The van der Waals surface area contributed by atoms with E-state index in [4.69, 9.17) is 0 Å². The fourth-order valence-corrected chi connectivity index (χ4v) is 3.49. The van der Waals surface area contributed by atoms with Crippen LogP contribution in [-0.4, -0.2) is 52.8 Å². The second kappa shape index (κ2) is 7.95. The first kappa shape index (κ1) is 19.4. The molecule has 0 atom stereocenters. The van der Waals surface area contributed by atoms with Crippen LogP contribution in [0.1, 0.15) is 46.2 Å². The number of carbonyl (C=O) groups is 3. The van der Waals surface area contributed by atoms with E-state index in [1.54, 1.807) is 4.90 Å². The average Bonchev–Trinajstić information content (AvgIpc) is 3.11. The van der Waals surface area contributed by atoms with Crippen LogP contribution in [0.3, 0.4) is 0 Å². The fourth-order valence-electron chi connectivity index (χ4n) is 2.63. The van der Waals surface area contributed by atoms with Crippen molar-refractivity contribution in [3.63, 3.8) is 0 Å². The maximum atomic E-state index is 12.5. The van der Waals surface area contributed by atoms with Gasteiger partial charge in [0.1, 0.15) is 0 Å². The normalized spacial score (nSPS) is 14.7. The van der Waals surface area contributed by atoms with Crippen LogP contribution in [0.2, 0.25) is 0 Å². The average molecular weight is 366 g/mol. The molecule has 1 saturated heterocycles. The van der Waals surface area contributed by atoms with Crippen LogP contribution in [0.25, 0.3) is 0 Å². The molecule has 0 aromatic carbocycles. The highest BCUT2D eigenvalue weighted by Gasteiger charge is 2.25. The zero-order valence-corrected chi connectivity index (χ0v) is 16.1. The largest absolute Gasteiger partial charge is 0.350 e. The van der Waals surface area contributed by atoms with Crippen LogP contribution >= 0.6 is 11.3 Å². The minimum atomic E-state index is -0.328. The van der Waals surface area contributed by atoms with E-state index < -0.39 is 0 Å². The third-order valence-electron chi connectivity index (χ3n) is 3.76. The Balaban J connectivity index is 1.94. The Morgan fingerprint density at radius 1 is 1.40 bits per heavy atom. The topological polar surface area (TPSA) is 82.6 Å². The highest BCUT2D eigenvalue weighted by molar-refractivity contribution is 7.14. The molecule has 8 heteroatoms. The minimum absolute atomic E-state index is 0.0359. The Morgan fingerprint density at radius 2 is 2.12 bits per heavy atom. The predicted molar refractivity (Wildman–Crippen MR) is 97.6 cm³/mol. The SMILES string of the molecule is CCN(CC(=O)NC(C)(C)C)C(=O)Cc1csc(N2CCCC2=O)n1. The molecule has 138 valence electrons. The van der Waals surface area contributed by atoms with Crippen LogP contribution in [0.15, 0.2) is 5.38 Å². The lowest BCUT2D eigenvalue weighted by Gasteiger charge is -2.25. The van der Waals surface area contributed by atoms with Gasteiger partial charge in [0, 0.05) is 30.4 Å². The second-order valence-corrected chi connectivity index (χ2v) is 7.99. The molecule has 0 aliphatic carbocycles. The van der Waals surface area contributed by atoms with Gasteiger partial charge in [0.2, 0.25) is 17.7 Å². The van der Waals surface area contributed by atoms with E-state index in [-0.39, 0.29) is 36.2 Å². The first-order chi connectivity index (χ1) is 11.7. The molecular weight excluding hydrogens is 340 g/mol. The first-order valence-electron chi connectivity index (χ1n) is 8.53. The van der Waals surface area contributed by atoms with Crippen molar-refractivity contribution in [3.05, 3.63) is 11.1 Å². The van der Waals surface area contributed by atoms with Crippen molar-refractivity contribution >= 4 is 34.2 Å². The van der Waals surface area contributed by atoms with Gasteiger partial charge in [-0.2, -0.15) is 0 Å². The second-order valence-electron chi connectivity index (χ2n) is 7.15. The molecule has 1 aliphatic heterocycles. The molecule has 1 aliphatic rings. The van der Waals surface area contributed by atoms with E-state index in [1.165, 1.54) is 16.2 Å². The summed E-state index contributed by atoms with van der Waals surface area (Å²) in [6.45, 7) is 8.73. The van der Waals surface area contributed by atoms with Gasteiger partial charge in [-0.1, -0.05) is 0 Å². The number of nitrogens with zero attached hydrogens (tertiary/aromatic N) is 3. The van der Waals surface area contributed by atoms with E-state index in [0.29, 0.717) is 30.3 Å². The molecule has 0 spiro atoms. The van der Waals surface area contributed by atoms with Gasteiger partial charge in [0.05, 0.1) is 18.7 Å².